The van der Waals surface area contributed by atoms with Gasteiger partial charge >= 0.3 is 18.1 Å². The molecule has 1 aromatic rings. The topological polar surface area (TPSA) is 26.3 Å². The largest absolute Gasteiger partial charge is 0.465 e. The Hall–Kier alpha value is -1.66. The van der Waals surface area contributed by atoms with Crippen LogP contribution in [-0.2, 0) is 16.0 Å². The first-order valence-electron chi connectivity index (χ1n) is 5.86. The summed E-state index contributed by atoms with van der Waals surface area (Å²) in [6.07, 6.45) is -7.56. The molecule has 1 aromatic carbocycles. The molecule has 0 radical (unpaired) electrons. The molecule has 0 aliphatic rings. The van der Waals surface area contributed by atoms with Crippen LogP contribution in [0.5, 0.6) is 0 Å². The van der Waals surface area contributed by atoms with Crippen LogP contribution in [0.2, 0.25) is 0 Å². The van der Waals surface area contributed by atoms with Crippen LogP contribution < -0.4 is 0 Å². The average molecular weight is 296 g/mol. The summed E-state index contributed by atoms with van der Waals surface area (Å²) in [6, 6.07) is 8.55. The predicted octanol–water partition coefficient (Wildman–Crippen LogP) is 3.75. The van der Waals surface area contributed by atoms with Gasteiger partial charge in [-0.05, 0) is 12.0 Å². The van der Waals surface area contributed by atoms with Crippen LogP contribution in [0.15, 0.2) is 30.3 Å². The number of alkyl halides is 5. The molecule has 0 amide bonds. The van der Waals surface area contributed by atoms with Gasteiger partial charge in [-0.15, -0.1) is 0 Å². The minimum absolute atomic E-state index is 0.0451. The van der Waals surface area contributed by atoms with E-state index in [2.05, 4.69) is 4.74 Å². The zero-order chi connectivity index (χ0) is 15.2. The van der Waals surface area contributed by atoms with Gasteiger partial charge in [0.05, 0.1) is 13.0 Å². The highest BCUT2D eigenvalue weighted by molar-refractivity contribution is 5.72. The highest BCUT2D eigenvalue weighted by Gasteiger charge is 2.56. The van der Waals surface area contributed by atoms with Gasteiger partial charge in [0.25, 0.3) is 0 Å². The van der Waals surface area contributed by atoms with Crippen molar-refractivity contribution < 1.29 is 31.5 Å². The molecular weight excluding hydrogens is 283 g/mol. The number of carbonyl (C=O) groups is 1. The van der Waals surface area contributed by atoms with E-state index < -0.39 is 37.5 Å². The first-order chi connectivity index (χ1) is 9.22. The van der Waals surface area contributed by atoms with Crippen LogP contribution in [0.25, 0.3) is 0 Å². The van der Waals surface area contributed by atoms with E-state index in [0.29, 0.717) is 5.56 Å². The van der Waals surface area contributed by atoms with Crippen molar-refractivity contribution in [3.63, 3.8) is 0 Å². The first kappa shape index (κ1) is 16.4. The first-order valence-corrected chi connectivity index (χ1v) is 5.86. The molecule has 20 heavy (non-hydrogen) atoms. The fraction of sp³-hybridized carbons (Fsp3) is 0.462. The summed E-state index contributed by atoms with van der Waals surface area (Å²) in [4.78, 5) is 11.3. The maximum absolute atomic E-state index is 12.5. The van der Waals surface area contributed by atoms with Crippen LogP contribution >= 0.6 is 0 Å². The average Bonchev–Trinajstić information content (AvgIpc) is 2.34. The lowest BCUT2D eigenvalue weighted by Gasteiger charge is -2.19. The van der Waals surface area contributed by atoms with Crippen molar-refractivity contribution >= 4 is 5.97 Å². The van der Waals surface area contributed by atoms with E-state index in [1.54, 1.807) is 30.3 Å². The van der Waals surface area contributed by atoms with Crippen molar-refractivity contribution in [2.75, 3.05) is 6.61 Å². The summed E-state index contributed by atoms with van der Waals surface area (Å²) in [5, 5.41) is 0. The predicted molar refractivity (Wildman–Crippen MR) is 61.3 cm³/mol. The molecule has 7 heteroatoms. The second-order valence-corrected chi connectivity index (χ2v) is 4.19. The Bertz CT molecular complexity index is 428. The van der Waals surface area contributed by atoms with E-state index in [-0.39, 0.29) is 6.42 Å². The molecule has 0 spiro atoms. The summed E-state index contributed by atoms with van der Waals surface area (Å²) in [5.74, 6) is -5.41. The van der Waals surface area contributed by atoms with Crippen molar-refractivity contribution in [2.24, 2.45) is 0 Å². The van der Waals surface area contributed by atoms with E-state index in [4.69, 9.17) is 0 Å². The number of esters is 1. The lowest BCUT2D eigenvalue weighted by atomic mass is 10.1. The van der Waals surface area contributed by atoms with Gasteiger partial charge in [-0.3, -0.25) is 4.79 Å². The van der Waals surface area contributed by atoms with Crippen LogP contribution in [0, 0.1) is 0 Å². The maximum Gasteiger partial charge on any atom is 0.453 e. The molecule has 0 fully saturated rings. The zero-order valence-corrected chi connectivity index (χ0v) is 10.4. The molecule has 0 bridgehead atoms. The van der Waals surface area contributed by atoms with Crippen molar-refractivity contribution in [1.29, 1.82) is 0 Å². The normalized spacial score (nSPS) is 12.2. The Kier molecular flexibility index (Phi) is 5.47. The van der Waals surface area contributed by atoms with Crippen molar-refractivity contribution in [2.45, 2.75) is 31.4 Å². The second kappa shape index (κ2) is 6.67. The number of ether oxygens (including phenoxy) is 1. The standard InChI is InChI=1S/C13H13F5O2/c14-12(15,13(16,17)18)7-4-8-20-11(19)9-10-5-2-1-3-6-10/h1-3,5-6H,4,7-9H2. The Morgan fingerprint density at radius 2 is 1.65 bits per heavy atom. The van der Waals surface area contributed by atoms with Gasteiger partial charge in [-0.2, -0.15) is 22.0 Å². The Balaban J connectivity index is 2.26. The second-order valence-electron chi connectivity index (χ2n) is 4.19. The third-order valence-corrected chi connectivity index (χ3v) is 2.50. The number of rotatable bonds is 6. The summed E-state index contributed by atoms with van der Waals surface area (Å²) in [7, 11) is 0. The Morgan fingerprint density at radius 3 is 2.20 bits per heavy atom. The number of hydrogen-bond acceptors (Lipinski definition) is 2. The smallest absolute Gasteiger partial charge is 0.453 e. The fourth-order valence-electron chi connectivity index (χ4n) is 1.44. The lowest BCUT2D eigenvalue weighted by Crippen LogP contribution is -2.36. The molecular formula is C13H13F5O2. The Morgan fingerprint density at radius 1 is 1.05 bits per heavy atom. The number of hydrogen-bond donors (Lipinski definition) is 0. The van der Waals surface area contributed by atoms with Crippen LogP contribution in [-0.4, -0.2) is 24.7 Å². The molecule has 2 nitrogen and oxygen atoms in total. The molecule has 0 unspecified atom stereocenters. The minimum atomic E-state index is -5.57. The quantitative estimate of drug-likeness (QED) is 0.454. The van der Waals surface area contributed by atoms with Crippen LogP contribution in [0.3, 0.4) is 0 Å². The summed E-state index contributed by atoms with van der Waals surface area (Å²) >= 11 is 0. The number of benzene rings is 1. The molecule has 0 aliphatic heterocycles. The molecule has 0 atom stereocenters. The summed E-state index contributed by atoms with van der Waals surface area (Å²) in [5.41, 5.74) is 0.679. The summed E-state index contributed by atoms with van der Waals surface area (Å²) < 4.78 is 65.2. The van der Waals surface area contributed by atoms with E-state index in [0.717, 1.165) is 0 Å². The molecule has 0 heterocycles. The van der Waals surface area contributed by atoms with Gasteiger partial charge in [0.15, 0.2) is 0 Å². The zero-order valence-electron chi connectivity index (χ0n) is 10.4. The van der Waals surface area contributed by atoms with Crippen molar-refractivity contribution in [3.05, 3.63) is 35.9 Å². The molecule has 1 rings (SSSR count). The van der Waals surface area contributed by atoms with E-state index in [1.807, 2.05) is 0 Å². The molecule has 0 saturated heterocycles. The van der Waals surface area contributed by atoms with Gasteiger partial charge in [-0.1, -0.05) is 30.3 Å². The maximum atomic E-state index is 12.5. The molecule has 0 aliphatic carbocycles. The molecule has 112 valence electrons. The van der Waals surface area contributed by atoms with Gasteiger partial charge in [-0.25, -0.2) is 0 Å². The van der Waals surface area contributed by atoms with Crippen molar-refractivity contribution in [1.82, 2.24) is 0 Å². The highest BCUT2D eigenvalue weighted by atomic mass is 19.4. The van der Waals surface area contributed by atoms with Crippen LogP contribution in [0.4, 0.5) is 22.0 Å². The SMILES string of the molecule is O=C(Cc1ccccc1)OCCCC(F)(F)C(F)(F)F. The van der Waals surface area contributed by atoms with Gasteiger partial charge in [0.1, 0.15) is 0 Å². The van der Waals surface area contributed by atoms with Crippen molar-refractivity contribution in [3.8, 4) is 0 Å². The third kappa shape index (κ3) is 5.14. The fourth-order valence-corrected chi connectivity index (χ4v) is 1.44. The molecule has 0 aromatic heterocycles. The van der Waals surface area contributed by atoms with E-state index in [1.165, 1.54) is 0 Å². The lowest BCUT2D eigenvalue weighted by molar-refractivity contribution is -0.284. The third-order valence-electron chi connectivity index (χ3n) is 2.50. The van der Waals surface area contributed by atoms with Crippen LogP contribution in [0.1, 0.15) is 18.4 Å². The monoisotopic (exact) mass is 296 g/mol. The number of halogens is 5. The highest BCUT2D eigenvalue weighted by Crippen LogP contribution is 2.38. The van der Waals surface area contributed by atoms with Gasteiger partial charge in [0.2, 0.25) is 0 Å². The van der Waals surface area contributed by atoms with Gasteiger partial charge < -0.3 is 4.74 Å². The molecule has 0 N–H and O–H groups in total. The van der Waals surface area contributed by atoms with Gasteiger partial charge in [0, 0.05) is 6.42 Å². The molecule has 0 saturated carbocycles. The van der Waals surface area contributed by atoms with E-state index >= 15 is 0 Å². The van der Waals surface area contributed by atoms with E-state index in [9.17, 15) is 26.7 Å². The minimum Gasteiger partial charge on any atom is -0.465 e. The Labute approximate surface area is 112 Å². The number of carbonyl (C=O) groups excluding carboxylic acids is 1. The summed E-state index contributed by atoms with van der Waals surface area (Å²) in [6.45, 7) is -0.461.